The Morgan fingerprint density at radius 3 is 2.48 bits per heavy atom. The van der Waals surface area contributed by atoms with Gasteiger partial charge in [-0.2, -0.15) is 17.7 Å². The van der Waals surface area contributed by atoms with Gasteiger partial charge in [0.2, 0.25) is 5.88 Å². The average Bonchev–Trinajstić information content (AvgIpc) is 2.80. The summed E-state index contributed by atoms with van der Waals surface area (Å²) >= 11 is 1.34. The van der Waals surface area contributed by atoms with Crippen LogP contribution in [0.4, 0.5) is 5.82 Å². The summed E-state index contributed by atoms with van der Waals surface area (Å²) in [4.78, 5) is 17.1. The lowest BCUT2D eigenvalue weighted by Gasteiger charge is -2.35. The number of hydrogen-bond donors (Lipinski definition) is 0. The normalized spacial score (nSPS) is 13.9. The van der Waals surface area contributed by atoms with Gasteiger partial charge in [-0.1, -0.05) is 23.9 Å². The lowest BCUT2D eigenvalue weighted by molar-refractivity contribution is 0.307. The number of nitrogens with zero attached hydrogens (tertiary/aromatic N) is 6. The fourth-order valence-corrected chi connectivity index (χ4v) is 5.47. The molecule has 0 radical (unpaired) electrons. The summed E-state index contributed by atoms with van der Waals surface area (Å²) in [5.74, 6) is 1.73. The van der Waals surface area contributed by atoms with Crippen LogP contribution in [-0.2, 0) is 22.5 Å². The second-order valence-corrected chi connectivity index (χ2v) is 9.95. The highest BCUT2D eigenvalue weighted by Crippen LogP contribution is 2.30. The molecule has 1 fully saturated rings. The Hall–Kier alpha value is -2.96. The first-order chi connectivity index (χ1) is 16.0. The molecule has 3 heterocycles. The van der Waals surface area contributed by atoms with Crippen molar-refractivity contribution in [3.63, 3.8) is 0 Å². The van der Waals surface area contributed by atoms with E-state index in [4.69, 9.17) is 9.47 Å². The van der Waals surface area contributed by atoms with Crippen LogP contribution >= 0.6 is 11.8 Å². The van der Waals surface area contributed by atoms with E-state index in [1.165, 1.54) is 39.9 Å². The van der Waals surface area contributed by atoms with E-state index in [0.717, 1.165) is 17.7 Å². The Morgan fingerprint density at radius 1 is 1.09 bits per heavy atom. The zero-order valence-electron chi connectivity index (χ0n) is 18.3. The molecule has 0 unspecified atom stereocenters. The maximum atomic E-state index is 13.4. The summed E-state index contributed by atoms with van der Waals surface area (Å²) in [6.45, 7) is 1.08. The summed E-state index contributed by atoms with van der Waals surface area (Å²) in [6, 6.07) is 10.6. The molecule has 4 rings (SSSR count). The summed E-state index contributed by atoms with van der Waals surface area (Å²) in [7, 11) is -0.705. The van der Waals surface area contributed by atoms with Crippen molar-refractivity contribution in [1.82, 2.24) is 24.2 Å². The molecule has 1 aliphatic rings. The standard InChI is InChI=1S/C21H24N6O4S2/c1-30-18-6-4-16(5-7-18)13-27(33(28,29)26-10-3-11-26)19-12-20(31-2)25-21(24-19)32-14-17-8-9-22-15-23-17/h4-9,12,15H,3,10-11,13-14H2,1-2H3. The molecule has 1 saturated heterocycles. The molecule has 0 spiro atoms. The van der Waals surface area contributed by atoms with Gasteiger partial charge in [-0.05, 0) is 30.2 Å². The molecule has 33 heavy (non-hydrogen) atoms. The summed E-state index contributed by atoms with van der Waals surface area (Å²) in [5.41, 5.74) is 1.61. The van der Waals surface area contributed by atoms with Crippen molar-refractivity contribution in [2.45, 2.75) is 23.9 Å². The third-order valence-corrected chi connectivity index (χ3v) is 7.80. The van der Waals surface area contributed by atoms with Gasteiger partial charge in [0.25, 0.3) is 0 Å². The van der Waals surface area contributed by atoms with Crippen LogP contribution < -0.4 is 13.8 Å². The quantitative estimate of drug-likeness (QED) is 0.314. The first-order valence-corrected chi connectivity index (χ1v) is 12.6. The molecule has 0 amide bonds. The van der Waals surface area contributed by atoms with Crippen LogP contribution in [0.2, 0.25) is 0 Å². The zero-order chi connectivity index (χ0) is 23.3. The molecule has 10 nitrogen and oxygen atoms in total. The first-order valence-electron chi connectivity index (χ1n) is 10.2. The molecule has 3 aromatic rings. The van der Waals surface area contributed by atoms with Gasteiger partial charge in [0.1, 0.15) is 12.1 Å². The van der Waals surface area contributed by atoms with Crippen LogP contribution in [0.3, 0.4) is 0 Å². The monoisotopic (exact) mass is 488 g/mol. The number of ether oxygens (including phenoxy) is 2. The lowest BCUT2D eigenvalue weighted by atomic mass is 10.2. The predicted molar refractivity (Wildman–Crippen MR) is 124 cm³/mol. The molecular weight excluding hydrogens is 464 g/mol. The van der Waals surface area contributed by atoms with E-state index >= 15 is 0 Å². The predicted octanol–water partition coefficient (Wildman–Crippen LogP) is 2.53. The van der Waals surface area contributed by atoms with E-state index in [2.05, 4.69) is 19.9 Å². The van der Waals surface area contributed by atoms with Crippen molar-refractivity contribution in [3.8, 4) is 11.6 Å². The highest BCUT2D eigenvalue weighted by Gasteiger charge is 2.35. The van der Waals surface area contributed by atoms with Crippen molar-refractivity contribution in [3.05, 3.63) is 60.2 Å². The third-order valence-electron chi connectivity index (χ3n) is 5.03. The molecule has 0 atom stereocenters. The summed E-state index contributed by atoms with van der Waals surface area (Å²) < 4.78 is 40.2. The molecule has 0 aliphatic carbocycles. The molecule has 1 aromatic carbocycles. The summed E-state index contributed by atoms with van der Waals surface area (Å²) in [5, 5.41) is 0.390. The Bertz CT molecular complexity index is 1180. The minimum absolute atomic E-state index is 0.110. The van der Waals surface area contributed by atoms with E-state index in [-0.39, 0.29) is 18.2 Å². The topological polar surface area (TPSA) is 111 Å². The van der Waals surface area contributed by atoms with Gasteiger partial charge in [-0.15, -0.1) is 0 Å². The number of rotatable bonds is 10. The Labute approximate surface area is 197 Å². The SMILES string of the molecule is COc1ccc(CN(c2cc(OC)nc(SCc3ccncn3)n2)S(=O)(=O)N2CCC2)cc1. The Balaban J connectivity index is 1.67. The second-order valence-electron chi connectivity index (χ2n) is 7.16. The minimum Gasteiger partial charge on any atom is -0.497 e. The molecule has 174 valence electrons. The molecule has 2 aromatic heterocycles. The van der Waals surface area contributed by atoms with Crippen LogP contribution in [0.25, 0.3) is 0 Å². The van der Waals surface area contributed by atoms with Gasteiger partial charge in [0.05, 0.1) is 26.5 Å². The number of hydrogen-bond acceptors (Lipinski definition) is 9. The van der Waals surface area contributed by atoms with Crippen LogP contribution in [0.5, 0.6) is 11.6 Å². The Morgan fingerprint density at radius 2 is 1.88 bits per heavy atom. The van der Waals surface area contributed by atoms with Gasteiger partial charge in [-0.3, -0.25) is 0 Å². The maximum absolute atomic E-state index is 13.4. The number of benzene rings is 1. The fraction of sp³-hybridized carbons (Fsp3) is 0.333. The molecule has 12 heteroatoms. The van der Waals surface area contributed by atoms with Gasteiger partial charge in [-0.25, -0.2) is 19.3 Å². The summed E-state index contributed by atoms with van der Waals surface area (Å²) in [6.07, 6.45) is 3.98. The molecule has 0 bridgehead atoms. The van der Waals surface area contributed by atoms with Crippen LogP contribution in [-0.4, -0.2) is 60.0 Å². The van der Waals surface area contributed by atoms with Crippen molar-refractivity contribution >= 4 is 27.8 Å². The van der Waals surface area contributed by atoms with E-state index in [1.54, 1.807) is 31.5 Å². The molecular formula is C21H24N6O4S2. The second kappa shape index (κ2) is 10.3. The first kappa shape index (κ1) is 23.2. The van der Waals surface area contributed by atoms with Gasteiger partial charge in [0, 0.05) is 31.1 Å². The number of methoxy groups -OCH3 is 2. The van der Waals surface area contributed by atoms with Crippen molar-refractivity contribution in [1.29, 1.82) is 0 Å². The van der Waals surface area contributed by atoms with E-state index < -0.39 is 10.2 Å². The van der Waals surface area contributed by atoms with Gasteiger partial charge in [0.15, 0.2) is 11.0 Å². The van der Waals surface area contributed by atoms with Crippen LogP contribution in [0, 0.1) is 0 Å². The fourth-order valence-electron chi connectivity index (χ4n) is 3.07. The van der Waals surface area contributed by atoms with Crippen molar-refractivity contribution in [2.75, 3.05) is 31.6 Å². The lowest BCUT2D eigenvalue weighted by Crippen LogP contribution is -2.50. The Kier molecular flexibility index (Phi) is 7.26. The van der Waals surface area contributed by atoms with Gasteiger partial charge < -0.3 is 9.47 Å². The highest BCUT2D eigenvalue weighted by atomic mass is 32.2. The number of aromatic nitrogens is 4. The van der Waals surface area contributed by atoms with Crippen molar-refractivity contribution < 1.29 is 17.9 Å². The molecule has 0 N–H and O–H groups in total. The van der Waals surface area contributed by atoms with Crippen LogP contribution in [0.1, 0.15) is 17.7 Å². The van der Waals surface area contributed by atoms with E-state index in [0.29, 0.717) is 29.7 Å². The van der Waals surface area contributed by atoms with Crippen LogP contribution in [0.15, 0.2) is 54.1 Å². The van der Waals surface area contributed by atoms with Gasteiger partial charge >= 0.3 is 10.2 Å². The molecule has 0 saturated carbocycles. The van der Waals surface area contributed by atoms with E-state index in [1.807, 2.05) is 12.1 Å². The maximum Gasteiger partial charge on any atom is 0.305 e. The van der Waals surface area contributed by atoms with Crippen molar-refractivity contribution in [2.24, 2.45) is 0 Å². The zero-order valence-corrected chi connectivity index (χ0v) is 19.9. The molecule has 1 aliphatic heterocycles. The highest BCUT2D eigenvalue weighted by molar-refractivity contribution is 7.98. The smallest absolute Gasteiger partial charge is 0.305 e. The number of thioether (sulfide) groups is 1. The van der Waals surface area contributed by atoms with E-state index in [9.17, 15) is 8.42 Å². The minimum atomic E-state index is -3.78. The average molecular weight is 489 g/mol. The number of anilines is 1. The largest absolute Gasteiger partial charge is 0.497 e. The third kappa shape index (κ3) is 5.52.